The van der Waals surface area contributed by atoms with Crippen LogP contribution >= 0.6 is 12.2 Å². The lowest BCUT2D eigenvalue weighted by molar-refractivity contribution is -0.159. The van der Waals surface area contributed by atoms with Gasteiger partial charge in [0.2, 0.25) is 0 Å². The SMILES string of the molecule is CC(C)CN(CC(C(N)=S)C(F)(F)F)C1CC1. The van der Waals surface area contributed by atoms with E-state index >= 15 is 0 Å². The van der Waals surface area contributed by atoms with Crippen LogP contribution in [0.15, 0.2) is 0 Å². The van der Waals surface area contributed by atoms with Gasteiger partial charge in [0.25, 0.3) is 0 Å². The van der Waals surface area contributed by atoms with Crippen LogP contribution in [0, 0.1) is 11.8 Å². The van der Waals surface area contributed by atoms with Crippen molar-refractivity contribution < 1.29 is 13.2 Å². The third-order valence-electron chi connectivity index (χ3n) is 2.82. The summed E-state index contributed by atoms with van der Waals surface area (Å²) in [5.74, 6) is -1.34. The first-order chi connectivity index (χ1) is 7.71. The highest BCUT2D eigenvalue weighted by Crippen LogP contribution is 2.33. The summed E-state index contributed by atoms with van der Waals surface area (Å²) < 4.78 is 38.3. The Morgan fingerprint density at radius 1 is 1.35 bits per heavy atom. The summed E-state index contributed by atoms with van der Waals surface area (Å²) in [4.78, 5) is 1.43. The molecule has 0 aromatic carbocycles. The lowest BCUT2D eigenvalue weighted by Gasteiger charge is -2.29. The number of hydrogen-bond donors (Lipinski definition) is 1. The zero-order valence-electron chi connectivity index (χ0n) is 10.1. The molecule has 0 amide bonds. The monoisotopic (exact) mass is 268 g/mol. The van der Waals surface area contributed by atoms with E-state index in [4.69, 9.17) is 5.73 Å². The molecule has 0 aromatic rings. The molecule has 0 aromatic heterocycles. The molecule has 0 heterocycles. The van der Waals surface area contributed by atoms with Gasteiger partial charge in [-0.05, 0) is 18.8 Å². The molecule has 1 aliphatic carbocycles. The van der Waals surface area contributed by atoms with Gasteiger partial charge in [0.1, 0.15) is 5.92 Å². The van der Waals surface area contributed by atoms with Gasteiger partial charge in [-0.15, -0.1) is 0 Å². The Labute approximate surface area is 105 Å². The molecule has 6 heteroatoms. The highest BCUT2D eigenvalue weighted by Gasteiger charge is 2.44. The van der Waals surface area contributed by atoms with E-state index in [9.17, 15) is 13.2 Å². The molecule has 0 radical (unpaired) electrons. The maximum atomic E-state index is 12.8. The van der Waals surface area contributed by atoms with E-state index in [1.54, 1.807) is 0 Å². The minimum atomic E-state index is -4.34. The quantitative estimate of drug-likeness (QED) is 0.751. The molecule has 0 aliphatic heterocycles. The normalized spacial score (nSPS) is 18.8. The molecule has 17 heavy (non-hydrogen) atoms. The first-order valence-corrected chi connectivity index (χ1v) is 6.22. The van der Waals surface area contributed by atoms with Crippen molar-refractivity contribution in [3.05, 3.63) is 0 Å². The fraction of sp³-hybridized carbons (Fsp3) is 0.909. The predicted molar refractivity (Wildman–Crippen MR) is 65.8 cm³/mol. The highest BCUT2D eigenvalue weighted by molar-refractivity contribution is 7.80. The number of halogens is 3. The van der Waals surface area contributed by atoms with Crippen LogP contribution in [0.3, 0.4) is 0 Å². The van der Waals surface area contributed by atoms with Crippen LogP contribution in [-0.4, -0.2) is 35.2 Å². The van der Waals surface area contributed by atoms with Crippen LogP contribution in [0.5, 0.6) is 0 Å². The van der Waals surface area contributed by atoms with Gasteiger partial charge < -0.3 is 5.73 Å². The molecule has 0 bridgehead atoms. The van der Waals surface area contributed by atoms with E-state index < -0.39 is 17.1 Å². The van der Waals surface area contributed by atoms with Crippen LogP contribution in [0.25, 0.3) is 0 Å². The van der Waals surface area contributed by atoms with Crippen molar-refractivity contribution in [2.75, 3.05) is 13.1 Å². The smallest absolute Gasteiger partial charge is 0.393 e. The second-order valence-corrected chi connectivity index (χ2v) is 5.55. The number of nitrogens with two attached hydrogens (primary N) is 1. The van der Waals surface area contributed by atoms with Crippen LogP contribution in [-0.2, 0) is 0 Å². The van der Waals surface area contributed by atoms with Gasteiger partial charge in [0.05, 0.1) is 4.99 Å². The van der Waals surface area contributed by atoms with E-state index in [0.717, 1.165) is 12.8 Å². The van der Waals surface area contributed by atoms with Crippen LogP contribution in [0.2, 0.25) is 0 Å². The lowest BCUT2D eigenvalue weighted by Crippen LogP contribution is -2.45. The molecule has 1 fully saturated rings. The summed E-state index contributed by atoms with van der Waals surface area (Å²) in [5, 5.41) is 0. The second-order valence-electron chi connectivity index (χ2n) is 5.08. The second kappa shape index (κ2) is 5.52. The molecule has 0 spiro atoms. The van der Waals surface area contributed by atoms with Crippen LogP contribution < -0.4 is 5.73 Å². The van der Waals surface area contributed by atoms with E-state index in [-0.39, 0.29) is 12.6 Å². The van der Waals surface area contributed by atoms with Gasteiger partial charge in [-0.1, -0.05) is 26.1 Å². The average Bonchev–Trinajstić information content (AvgIpc) is 2.91. The molecule has 1 unspecified atom stereocenters. The summed E-state index contributed by atoms with van der Waals surface area (Å²) in [7, 11) is 0. The van der Waals surface area contributed by atoms with Gasteiger partial charge in [-0.3, -0.25) is 4.90 Å². The van der Waals surface area contributed by atoms with Crippen molar-refractivity contribution in [1.82, 2.24) is 4.90 Å². The minimum absolute atomic E-state index is 0.0956. The Bertz CT molecular complexity index is 274. The molecule has 1 aliphatic rings. The topological polar surface area (TPSA) is 29.3 Å². The summed E-state index contributed by atoms with van der Waals surface area (Å²) in [6, 6.07) is 0.289. The van der Waals surface area contributed by atoms with Gasteiger partial charge >= 0.3 is 6.18 Å². The van der Waals surface area contributed by atoms with Gasteiger partial charge in [0, 0.05) is 19.1 Å². The maximum absolute atomic E-state index is 12.8. The summed E-state index contributed by atoms with van der Waals surface area (Å²) in [6.07, 6.45) is -2.38. The van der Waals surface area contributed by atoms with Crippen molar-refractivity contribution in [2.24, 2.45) is 17.6 Å². The standard InChI is InChI=1S/C11H19F3N2S/c1-7(2)5-16(8-3-4-8)6-9(10(15)17)11(12,13)14/h7-9H,3-6H2,1-2H3,(H2,15,17). The van der Waals surface area contributed by atoms with E-state index in [1.165, 1.54) is 0 Å². The summed E-state index contributed by atoms with van der Waals surface area (Å²) >= 11 is 4.54. The molecule has 2 N–H and O–H groups in total. The third kappa shape index (κ3) is 4.79. The van der Waals surface area contributed by atoms with E-state index in [2.05, 4.69) is 12.2 Å². The molecule has 0 saturated heterocycles. The molecule has 1 atom stereocenters. The largest absolute Gasteiger partial charge is 0.399 e. The number of nitrogens with zero attached hydrogens (tertiary/aromatic N) is 1. The van der Waals surface area contributed by atoms with Gasteiger partial charge in [-0.25, -0.2) is 0 Å². The number of hydrogen-bond acceptors (Lipinski definition) is 2. The molecular weight excluding hydrogens is 249 g/mol. The van der Waals surface area contributed by atoms with Crippen LogP contribution in [0.4, 0.5) is 13.2 Å². The predicted octanol–water partition coefficient (Wildman–Crippen LogP) is 2.57. The van der Waals surface area contributed by atoms with Gasteiger partial charge in [-0.2, -0.15) is 13.2 Å². The Morgan fingerprint density at radius 2 is 1.88 bits per heavy atom. The maximum Gasteiger partial charge on any atom is 0.399 e. The van der Waals surface area contributed by atoms with Crippen molar-refractivity contribution in [2.45, 2.75) is 38.9 Å². The van der Waals surface area contributed by atoms with Crippen molar-refractivity contribution >= 4 is 17.2 Å². The first-order valence-electron chi connectivity index (χ1n) is 5.82. The van der Waals surface area contributed by atoms with E-state index in [1.807, 2.05) is 18.7 Å². The number of alkyl halides is 3. The number of rotatable bonds is 6. The summed E-state index contributed by atoms with van der Waals surface area (Å²) in [5.41, 5.74) is 5.21. The molecular formula is C11H19F3N2S. The van der Waals surface area contributed by atoms with E-state index in [0.29, 0.717) is 12.5 Å². The molecule has 100 valence electrons. The molecule has 1 rings (SSSR count). The molecule has 1 saturated carbocycles. The fourth-order valence-electron chi connectivity index (χ4n) is 1.87. The Morgan fingerprint density at radius 3 is 2.18 bits per heavy atom. The average molecular weight is 268 g/mol. The van der Waals surface area contributed by atoms with Crippen molar-refractivity contribution in [3.8, 4) is 0 Å². The zero-order chi connectivity index (χ0) is 13.2. The van der Waals surface area contributed by atoms with Gasteiger partial charge in [0.15, 0.2) is 0 Å². The van der Waals surface area contributed by atoms with Crippen molar-refractivity contribution in [3.63, 3.8) is 0 Å². The fourth-order valence-corrected chi connectivity index (χ4v) is 2.08. The molecule has 2 nitrogen and oxygen atoms in total. The van der Waals surface area contributed by atoms with Crippen LogP contribution in [0.1, 0.15) is 26.7 Å². The summed E-state index contributed by atoms with van der Waals surface area (Å²) in [6.45, 7) is 4.57. The minimum Gasteiger partial charge on any atom is -0.393 e. The Kier molecular flexibility index (Phi) is 4.77. The van der Waals surface area contributed by atoms with Crippen molar-refractivity contribution in [1.29, 1.82) is 0 Å². The zero-order valence-corrected chi connectivity index (χ0v) is 10.9. The highest BCUT2D eigenvalue weighted by atomic mass is 32.1. The Balaban J connectivity index is 2.65. The third-order valence-corrected chi connectivity index (χ3v) is 3.10. The Hall–Kier alpha value is -0.360. The number of thiocarbonyl (C=S) groups is 1. The lowest BCUT2D eigenvalue weighted by atomic mass is 10.1. The first kappa shape index (κ1) is 14.7.